The van der Waals surface area contributed by atoms with Crippen LogP contribution in [-0.2, 0) is 28.7 Å². The van der Waals surface area contributed by atoms with E-state index < -0.39 is 35.9 Å². The van der Waals surface area contributed by atoms with E-state index in [4.69, 9.17) is 5.73 Å². The number of carbonyl (C=O) groups is 4. The van der Waals surface area contributed by atoms with Crippen molar-refractivity contribution in [2.24, 2.45) is 17.6 Å². The zero-order valence-electron chi connectivity index (χ0n) is 13.9. The first-order valence-corrected chi connectivity index (χ1v) is 7.23. The molecule has 0 aromatic carbocycles. The summed E-state index contributed by atoms with van der Waals surface area (Å²) in [6, 6.07) is -1.19. The Labute approximate surface area is 135 Å². The van der Waals surface area contributed by atoms with Crippen LogP contribution in [0.4, 0.5) is 0 Å². The molecule has 0 aromatic rings. The van der Waals surface area contributed by atoms with Gasteiger partial charge in [-0.15, -0.1) is 0 Å². The van der Waals surface area contributed by atoms with Gasteiger partial charge in [0.25, 0.3) is 0 Å². The van der Waals surface area contributed by atoms with E-state index in [1.807, 2.05) is 0 Å². The minimum absolute atomic E-state index is 0.0257. The standard InChI is InChI=1S/C15H25NO7/c1-8(17)10(6-13(20)22-3)5-11(19)7-12(9(2)18)14(16)15(21)23-4/h10-12,14,19H,5-7,16H2,1-4H3. The molecule has 0 saturated heterocycles. The van der Waals surface area contributed by atoms with Gasteiger partial charge in [-0.3, -0.25) is 19.2 Å². The topological polar surface area (TPSA) is 133 Å². The zero-order chi connectivity index (χ0) is 18.2. The number of ketones is 2. The van der Waals surface area contributed by atoms with Crippen LogP contribution in [-0.4, -0.2) is 55.0 Å². The minimum atomic E-state index is -1.19. The van der Waals surface area contributed by atoms with Gasteiger partial charge in [0.15, 0.2) is 0 Å². The predicted molar refractivity (Wildman–Crippen MR) is 80.2 cm³/mol. The lowest BCUT2D eigenvalue weighted by molar-refractivity contribution is -0.146. The maximum Gasteiger partial charge on any atom is 0.323 e. The molecule has 8 heteroatoms. The molecule has 0 aromatic heterocycles. The molecule has 0 heterocycles. The van der Waals surface area contributed by atoms with Gasteiger partial charge >= 0.3 is 11.9 Å². The van der Waals surface area contributed by atoms with Gasteiger partial charge in [0.2, 0.25) is 0 Å². The molecule has 0 amide bonds. The number of methoxy groups -OCH3 is 2. The number of nitrogens with two attached hydrogens (primary N) is 1. The van der Waals surface area contributed by atoms with E-state index in [0.29, 0.717) is 0 Å². The smallest absolute Gasteiger partial charge is 0.323 e. The van der Waals surface area contributed by atoms with Crippen LogP contribution in [0.2, 0.25) is 0 Å². The SMILES string of the molecule is COC(=O)CC(CC(O)CC(C(C)=O)C(N)C(=O)OC)C(C)=O. The number of rotatable bonds is 10. The molecule has 0 aliphatic rings. The van der Waals surface area contributed by atoms with E-state index in [-0.39, 0.29) is 30.8 Å². The van der Waals surface area contributed by atoms with Crippen LogP contribution >= 0.6 is 0 Å². The molecule has 23 heavy (non-hydrogen) atoms. The third-order valence-electron chi connectivity index (χ3n) is 3.73. The first-order chi connectivity index (χ1) is 10.6. The van der Waals surface area contributed by atoms with Crippen LogP contribution in [0.3, 0.4) is 0 Å². The number of aliphatic hydroxyl groups is 1. The third-order valence-corrected chi connectivity index (χ3v) is 3.73. The largest absolute Gasteiger partial charge is 0.469 e. The van der Waals surface area contributed by atoms with Crippen molar-refractivity contribution >= 4 is 23.5 Å². The van der Waals surface area contributed by atoms with Crippen LogP contribution in [0.1, 0.15) is 33.1 Å². The minimum Gasteiger partial charge on any atom is -0.469 e. The van der Waals surface area contributed by atoms with Gasteiger partial charge in [-0.25, -0.2) is 0 Å². The van der Waals surface area contributed by atoms with Crippen molar-refractivity contribution in [3.05, 3.63) is 0 Å². The molecule has 0 saturated carbocycles. The lowest BCUT2D eigenvalue weighted by Gasteiger charge is -2.24. The summed E-state index contributed by atoms with van der Waals surface area (Å²) >= 11 is 0. The van der Waals surface area contributed by atoms with Gasteiger partial charge in [0.1, 0.15) is 17.6 Å². The number of hydrogen-bond donors (Lipinski definition) is 2. The van der Waals surface area contributed by atoms with Gasteiger partial charge in [-0.1, -0.05) is 0 Å². The molecule has 0 fully saturated rings. The van der Waals surface area contributed by atoms with E-state index in [1.54, 1.807) is 0 Å². The highest BCUT2D eigenvalue weighted by molar-refractivity contribution is 5.87. The Morgan fingerprint density at radius 2 is 1.57 bits per heavy atom. The third kappa shape index (κ3) is 7.34. The van der Waals surface area contributed by atoms with E-state index in [9.17, 15) is 24.3 Å². The summed E-state index contributed by atoms with van der Waals surface area (Å²) in [4.78, 5) is 45.9. The van der Waals surface area contributed by atoms with Gasteiger partial charge in [0, 0.05) is 11.8 Å². The molecular weight excluding hydrogens is 306 g/mol. The Kier molecular flexibility index (Phi) is 9.28. The normalized spacial score (nSPS) is 15.9. The highest BCUT2D eigenvalue weighted by Crippen LogP contribution is 2.21. The van der Waals surface area contributed by atoms with Crippen molar-refractivity contribution in [3.8, 4) is 0 Å². The molecule has 3 N–H and O–H groups in total. The van der Waals surface area contributed by atoms with Gasteiger partial charge < -0.3 is 20.3 Å². The van der Waals surface area contributed by atoms with E-state index in [2.05, 4.69) is 9.47 Å². The number of hydrogen-bond acceptors (Lipinski definition) is 8. The maximum atomic E-state index is 11.6. The molecule has 0 spiro atoms. The maximum absolute atomic E-state index is 11.6. The average molecular weight is 331 g/mol. The fourth-order valence-corrected chi connectivity index (χ4v) is 2.26. The van der Waals surface area contributed by atoms with Crippen molar-refractivity contribution in [1.82, 2.24) is 0 Å². The van der Waals surface area contributed by atoms with Crippen molar-refractivity contribution < 1.29 is 33.8 Å². The Morgan fingerprint density at radius 3 is 1.96 bits per heavy atom. The molecule has 4 unspecified atom stereocenters. The highest BCUT2D eigenvalue weighted by Gasteiger charge is 2.32. The summed E-state index contributed by atoms with van der Waals surface area (Å²) in [7, 11) is 2.36. The second-order valence-corrected chi connectivity index (χ2v) is 5.48. The van der Waals surface area contributed by atoms with Crippen LogP contribution in [0, 0.1) is 11.8 Å². The lowest BCUT2D eigenvalue weighted by Crippen LogP contribution is -2.43. The second kappa shape index (κ2) is 10.1. The second-order valence-electron chi connectivity index (χ2n) is 5.48. The van der Waals surface area contributed by atoms with E-state index >= 15 is 0 Å². The fourth-order valence-electron chi connectivity index (χ4n) is 2.26. The predicted octanol–water partition coefficient (Wildman–Crippen LogP) is -0.399. The van der Waals surface area contributed by atoms with Crippen molar-refractivity contribution in [2.45, 2.75) is 45.3 Å². The molecule has 0 aliphatic carbocycles. The summed E-state index contributed by atoms with van der Waals surface area (Å²) in [5, 5.41) is 10.1. The van der Waals surface area contributed by atoms with Crippen LogP contribution < -0.4 is 5.73 Å². The Hall–Kier alpha value is -1.80. The molecular formula is C15H25NO7. The molecule has 4 atom stereocenters. The summed E-state index contributed by atoms with van der Waals surface area (Å²) < 4.78 is 9.01. The summed E-state index contributed by atoms with van der Waals surface area (Å²) in [5.41, 5.74) is 5.67. The van der Waals surface area contributed by atoms with Crippen molar-refractivity contribution in [1.29, 1.82) is 0 Å². The number of ether oxygens (including phenoxy) is 2. The number of carbonyl (C=O) groups excluding carboxylic acids is 4. The quantitative estimate of drug-likeness (QED) is 0.517. The summed E-state index contributed by atoms with van der Waals surface area (Å²) in [6.45, 7) is 2.57. The molecule has 0 radical (unpaired) electrons. The molecule has 132 valence electrons. The van der Waals surface area contributed by atoms with Crippen LogP contribution in [0.25, 0.3) is 0 Å². The fraction of sp³-hybridized carbons (Fsp3) is 0.733. The average Bonchev–Trinajstić information content (AvgIpc) is 2.49. The van der Waals surface area contributed by atoms with E-state index in [0.717, 1.165) is 7.11 Å². The van der Waals surface area contributed by atoms with Gasteiger partial charge in [-0.05, 0) is 26.7 Å². The number of esters is 2. The van der Waals surface area contributed by atoms with Crippen LogP contribution in [0.5, 0.6) is 0 Å². The number of Topliss-reactive ketones (excluding diaryl/α,β-unsaturated/α-hetero) is 2. The van der Waals surface area contributed by atoms with E-state index in [1.165, 1.54) is 21.0 Å². The first kappa shape index (κ1) is 21.2. The molecule has 8 nitrogen and oxygen atoms in total. The Balaban J connectivity index is 4.87. The van der Waals surface area contributed by atoms with Crippen LogP contribution in [0.15, 0.2) is 0 Å². The lowest BCUT2D eigenvalue weighted by atomic mass is 9.85. The van der Waals surface area contributed by atoms with Crippen molar-refractivity contribution in [2.75, 3.05) is 14.2 Å². The Morgan fingerprint density at radius 1 is 1.00 bits per heavy atom. The molecule has 0 bridgehead atoms. The summed E-state index contributed by atoms with van der Waals surface area (Å²) in [6.07, 6.45) is -1.35. The van der Waals surface area contributed by atoms with Gasteiger partial charge in [0.05, 0.1) is 26.7 Å². The van der Waals surface area contributed by atoms with Crippen molar-refractivity contribution in [3.63, 3.8) is 0 Å². The summed E-state index contributed by atoms with van der Waals surface area (Å²) in [5.74, 6) is -3.61. The molecule has 0 rings (SSSR count). The first-order valence-electron chi connectivity index (χ1n) is 7.23. The zero-order valence-corrected chi connectivity index (χ0v) is 13.9. The monoisotopic (exact) mass is 331 g/mol. The number of aliphatic hydroxyl groups excluding tert-OH is 1. The Bertz CT molecular complexity index is 449. The highest BCUT2D eigenvalue weighted by atomic mass is 16.5. The molecule has 0 aliphatic heterocycles. The van der Waals surface area contributed by atoms with Gasteiger partial charge in [-0.2, -0.15) is 0 Å².